The Kier molecular flexibility index (Phi) is 6.39. The zero-order chi connectivity index (χ0) is 19.4. The Hall–Kier alpha value is -2.05. The lowest BCUT2D eigenvalue weighted by atomic mass is 10.1. The van der Waals surface area contributed by atoms with E-state index >= 15 is 0 Å². The Bertz CT molecular complexity index is 808. The highest BCUT2D eigenvalue weighted by Crippen LogP contribution is 2.33. The van der Waals surface area contributed by atoms with Gasteiger partial charge in [0.1, 0.15) is 18.3 Å². The van der Waals surface area contributed by atoms with Gasteiger partial charge in [0.05, 0.1) is 12.9 Å². The van der Waals surface area contributed by atoms with E-state index in [4.69, 9.17) is 20.9 Å². The fourth-order valence-electron chi connectivity index (χ4n) is 3.22. The van der Waals surface area contributed by atoms with Crippen LogP contribution < -0.4 is 17.0 Å². The largest absolute Gasteiger partial charge is 0.394 e. The SMILES string of the molecule is NCCCCCCO[C@H]1[C@@H](O)[C@@H](CO)O[C@H]1n1cnc2c(=O)[nH]c(N)nc21. The van der Waals surface area contributed by atoms with E-state index < -0.39 is 30.1 Å². The number of aromatic amines is 1. The zero-order valence-corrected chi connectivity index (χ0v) is 15.0. The summed E-state index contributed by atoms with van der Waals surface area (Å²) in [6, 6.07) is 0. The fraction of sp³-hybridized carbons (Fsp3) is 0.688. The van der Waals surface area contributed by atoms with Gasteiger partial charge in [-0.1, -0.05) is 12.8 Å². The molecule has 0 radical (unpaired) electrons. The van der Waals surface area contributed by atoms with Crippen molar-refractivity contribution in [2.75, 3.05) is 25.5 Å². The smallest absolute Gasteiger partial charge is 0.280 e. The van der Waals surface area contributed by atoms with Crippen LogP contribution in [0.15, 0.2) is 11.1 Å². The Morgan fingerprint density at radius 2 is 2.11 bits per heavy atom. The van der Waals surface area contributed by atoms with Gasteiger partial charge in [0, 0.05) is 6.61 Å². The van der Waals surface area contributed by atoms with Crippen molar-refractivity contribution >= 4 is 17.1 Å². The molecular formula is C16H26N6O5. The maximum Gasteiger partial charge on any atom is 0.280 e. The van der Waals surface area contributed by atoms with E-state index in [2.05, 4.69) is 15.0 Å². The highest BCUT2D eigenvalue weighted by atomic mass is 16.6. The van der Waals surface area contributed by atoms with Gasteiger partial charge in [0.15, 0.2) is 17.4 Å². The first-order chi connectivity index (χ1) is 13.1. The lowest BCUT2D eigenvalue weighted by molar-refractivity contribution is -0.0711. The van der Waals surface area contributed by atoms with E-state index in [1.54, 1.807) is 0 Å². The van der Waals surface area contributed by atoms with Crippen molar-refractivity contribution in [2.45, 2.75) is 50.2 Å². The number of hydrogen-bond acceptors (Lipinski definition) is 9. The van der Waals surface area contributed by atoms with Crippen LogP contribution in [-0.4, -0.2) is 67.8 Å². The molecule has 1 saturated heterocycles. The summed E-state index contributed by atoms with van der Waals surface area (Å²) < 4.78 is 13.1. The molecule has 0 amide bonds. The summed E-state index contributed by atoms with van der Waals surface area (Å²) in [6.07, 6.45) is 1.79. The number of nitrogens with zero attached hydrogens (tertiary/aromatic N) is 3. The van der Waals surface area contributed by atoms with Crippen molar-refractivity contribution in [1.82, 2.24) is 19.5 Å². The summed E-state index contributed by atoms with van der Waals surface area (Å²) >= 11 is 0. The maximum atomic E-state index is 12.0. The lowest BCUT2D eigenvalue weighted by Crippen LogP contribution is -2.35. The number of H-pyrrole nitrogens is 1. The Labute approximate surface area is 155 Å². The van der Waals surface area contributed by atoms with Crippen molar-refractivity contribution in [2.24, 2.45) is 5.73 Å². The van der Waals surface area contributed by atoms with E-state index in [9.17, 15) is 15.0 Å². The van der Waals surface area contributed by atoms with Crippen molar-refractivity contribution in [3.05, 3.63) is 16.7 Å². The summed E-state index contributed by atoms with van der Waals surface area (Å²) in [5.41, 5.74) is 11.0. The monoisotopic (exact) mass is 382 g/mol. The molecule has 11 nitrogen and oxygen atoms in total. The van der Waals surface area contributed by atoms with Crippen LogP contribution in [0.5, 0.6) is 0 Å². The Balaban J connectivity index is 1.78. The van der Waals surface area contributed by atoms with Gasteiger partial charge in [-0.15, -0.1) is 0 Å². The molecule has 11 heteroatoms. The van der Waals surface area contributed by atoms with Gasteiger partial charge in [0.2, 0.25) is 5.95 Å². The van der Waals surface area contributed by atoms with Crippen molar-refractivity contribution in [3.63, 3.8) is 0 Å². The minimum atomic E-state index is -1.03. The van der Waals surface area contributed by atoms with Gasteiger partial charge in [-0.05, 0) is 19.4 Å². The number of nitrogen functional groups attached to an aromatic ring is 1. The van der Waals surface area contributed by atoms with E-state index in [0.717, 1.165) is 25.7 Å². The first-order valence-electron chi connectivity index (χ1n) is 9.05. The zero-order valence-electron chi connectivity index (χ0n) is 15.0. The number of aliphatic hydroxyl groups excluding tert-OH is 2. The maximum absolute atomic E-state index is 12.0. The number of nitrogens with two attached hydrogens (primary N) is 2. The van der Waals surface area contributed by atoms with Crippen molar-refractivity contribution in [3.8, 4) is 0 Å². The van der Waals surface area contributed by atoms with Gasteiger partial charge in [-0.25, -0.2) is 4.98 Å². The molecule has 27 heavy (non-hydrogen) atoms. The quantitative estimate of drug-likeness (QED) is 0.336. The van der Waals surface area contributed by atoms with Crippen LogP contribution in [0.2, 0.25) is 0 Å². The number of hydrogen-bond donors (Lipinski definition) is 5. The molecule has 0 saturated carbocycles. The summed E-state index contributed by atoms with van der Waals surface area (Å²) in [7, 11) is 0. The number of ether oxygens (including phenoxy) is 2. The van der Waals surface area contributed by atoms with Gasteiger partial charge in [0.25, 0.3) is 5.56 Å². The third kappa shape index (κ3) is 4.12. The molecule has 0 bridgehead atoms. The second-order valence-electron chi connectivity index (χ2n) is 6.55. The summed E-state index contributed by atoms with van der Waals surface area (Å²) in [4.78, 5) is 22.5. The van der Waals surface area contributed by atoms with Crippen LogP contribution in [0.25, 0.3) is 11.2 Å². The summed E-state index contributed by atoms with van der Waals surface area (Å²) in [6.45, 7) is 0.725. The van der Waals surface area contributed by atoms with Crippen molar-refractivity contribution < 1.29 is 19.7 Å². The van der Waals surface area contributed by atoms with Crippen LogP contribution in [0, 0.1) is 0 Å². The van der Waals surface area contributed by atoms with Crippen LogP contribution in [-0.2, 0) is 9.47 Å². The predicted molar refractivity (Wildman–Crippen MR) is 96.8 cm³/mol. The van der Waals surface area contributed by atoms with Crippen LogP contribution in [0.4, 0.5) is 5.95 Å². The molecule has 3 rings (SSSR count). The average molecular weight is 382 g/mol. The van der Waals surface area contributed by atoms with E-state index in [-0.39, 0.29) is 23.7 Å². The molecule has 0 spiro atoms. The predicted octanol–water partition coefficient (Wildman–Crippen LogP) is -1.14. The molecule has 7 N–H and O–H groups in total. The number of aliphatic hydroxyl groups is 2. The molecular weight excluding hydrogens is 356 g/mol. The molecule has 3 heterocycles. The topological polar surface area (TPSA) is 175 Å². The normalized spacial score (nSPS) is 25.4. The molecule has 0 aromatic carbocycles. The van der Waals surface area contributed by atoms with Crippen molar-refractivity contribution in [1.29, 1.82) is 0 Å². The molecule has 1 aliphatic heterocycles. The first-order valence-corrected chi connectivity index (χ1v) is 9.05. The van der Waals surface area contributed by atoms with Crippen LogP contribution in [0.1, 0.15) is 31.9 Å². The summed E-state index contributed by atoms with van der Waals surface area (Å²) in [5.74, 6) is -0.0520. The number of rotatable bonds is 9. The third-order valence-corrected chi connectivity index (χ3v) is 4.63. The molecule has 0 aliphatic carbocycles. The minimum Gasteiger partial charge on any atom is -0.394 e. The van der Waals surface area contributed by atoms with Gasteiger partial charge >= 0.3 is 0 Å². The Morgan fingerprint density at radius 3 is 2.85 bits per heavy atom. The fourth-order valence-corrected chi connectivity index (χ4v) is 3.22. The molecule has 2 aromatic heterocycles. The average Bonchev–Trinajstić information content (AvgIpc) is 3.19. The summed E-state index contributed by atoms with van der Waals surface area (Å²) in [5, 5.41) is 19.9. The first kappa shape index (κ1) is 19.7. The standard InChI is InChI=1S/C16H26N6O5/c17-5-3-1-2-4-6-26-12-11(24)9(7-23)27-15(12)22-8-19-10-13(22)20-16(18)21-14(10)25/h8-9,11-12,15,23-24H,1-7,17H2,(H3,18,20,21,25)/t9-,11+,12+,15-/m1/s1. The molecule has 1 aliphatic rings. The number of aromatic nitrogens is 4. The number of unbranched alkanes of at least 4 members (excludes halogenated alkanes) is 3. The number of imidazole rings is 1. The van der Waals surface area contributed by atoms with E-state index in [1.165, 1.54) is 10.9 Å². The van der Waals surface area contributed by atoms with Gasteiger partial charge < -0.3 is 31.2 Å². The van der Waals surface area contributed by atoms with Crippen LogP contribution >= 0.6 is 0 Å². The minimum absolute atomic E-state index is 0.0520. The Morgan fingerprint density at radius 1 is 1.33 bits per heavy atom. The molecule has 4 atom stereocenters. The second-order valence-corrected chi connectivity index (χ2v) is 6.55. The highest BCUT2D eigenvalue weighted by Gasteiger charge is 2.45. The number of nitrogens with one attached hydrogen (secondary N) is 1. The highest BCUT2D eigenvalue weighted by molar-refractivity contribution is 5.70. The molecule has 2 aromatic rings. The number of fused-ring (bicyclic) bond motifs is 1. The third-order valence-electron chi connectivity index (χ3n) is 4.63. The lowest BCUT2D eigenvalue weighted by Gasteiger charge is -2.22. The van der Waals surface area contributed by atoms with Gasteiger partial charge in [-0.3, -0.25) is 14.3 Å². The second kappa shape index (κ2) is 8.76. The molecule has 1 fully saturated rings. The van der Waals surface area contributed by atoms with Gasteiger partial charge in [-0.2, -0.15) is 4.98 Å². The van der Waals surface area contributed by atoms with E-state index in [1.807, 2.05) is 0 Å². The molecule has 150 valence electrons. The number of anilines is 1. The molecule has 0 unspecified atom stereocenters. The van der Waals surface area contributed by atoms with E-state index in [0.29, 0.717) is 13.2 Å². The van der Waals surface area contributed by atoms with Crippen LogP contribution in [0.3, 0.4) is 0 Å².